The first kappa shape index (κ1) is 14.2. The van der Waals surface area contributed by atoms with E-state index in [1.54, 1.807) is 7.11 Å². The van der Waals surface area contributed by atoms with Crippen LogP contribution in [-0.2, 0) is 4.79 Å². The third-order valence-electron chi connectivity index (χ3n) is 4.80. The van der Waals surface area contributed by atoms with Crippen LogP contribution in [0.25, 0.3) is 0 Å². The molecule has 2 aliphatic rings. The van der Waals surface area contributed by atoms with Crippen molar-refractivity contribution in [2.45, 2.75) is 37.3 Å². The van der Waals surface area contributed by atoms with Gasteiger partial charge in [-0.3, -0.25) is 0 Å². The molecule has 2 aliphatic heterocycles. The number of fused-ring (bicyclic) bond motifs is 1. The highest BCUT2D eigenvalue weighted by atomic mass is 16.5. The second-order valence-electron chi connectivity index (χ2n) is 6.00. The number of carbonyl (C=O) groups is 1. The van der Waals surface area contributed by atoms with Crippen LogP contribution in [0.2, 0.25) is 0 Å². The number of nitrogens with zero attached hydrogens (tertiary/aromatic N) is 1. The molecule has 0 bridgehead atoms. The molecule has 21 heavy (non-hydrogen) atoms. The lowest BCUT2D eigenvalue weighted by molar-refractivity contribution is -0.144. The first-order valence-electron chi connectivity index (χ1n) is 7.53. The highest BCUT2D eigenvalue weighted by Gasteiger charge is 2.47. The quantitative estimate of drug-likeness (QED) is 0.890. The Kier molecular flexibility index (Phi) is 3.76. The van der Waals surface area contributed by atoms with Gasteiger partial charge in [-0.15, -0.1) is 0 Å². The topological polar surface area (TPSA) is 61.8 Å². The molecule has 0 aliphatic carbocycles. The van der Waals surface area contributed by atoms with E-state index < -0.39 is 11.5 Å². The molecule has 2 unspecified atom stereocenters. The van der Waals surface area contributed by atoms with E-state index in [9.17, 15) is 9.90 Å². The summed E-state index contributed by atoms with van der Waals surface area (Å²) in [5.74, 6) is -0.0769. The summed E-state index contributed by atoms with van der Waals surface area (Å²) >= 11 is 0. The standard InChI is InChI=1S/C16H22N2O3/c1-21-14-7-3-2-6-13(14)17-16(15(19)20)8-10-18-9-4-5-12(18)11-16/h2-3,6-7,12,17H,4-5,8-11H2,1H3,(H,19,20). The molecule has 2 heterocycles. The van der Waals surface area contributed by atoms with Gasteiger partial charge in [-0.2, -0.15) is 0 Å². The van der Waals surface area contributed by atoms with Gasteiger partial charge in [-0.25, -0.2) is 4.79 Å². The monoisotopic (exact) mass is 290 g/mol. The normalized spacial score (nSPS) is 28.9. The number of carboxylic acids is 1. The molecule has 1 aromatic rings. The van der Waals surface area contributed by atoms with Gasteiger partial charge in [0, 0.05) is 12.6 Å². The van der Waals surface area contributed by atoms with E-state index in [1.165, 1.54) is 6.42 Å². The summed E-state index contributed by atoms with van der Waals surface area (Å²) in [4.78, 5) is 14.4. The molecule has 2 fully saturated rings. The van der Waals surface area contributed by atoms with Crippen molar-refractivity contribution in [3.63, 3.8) is 0 Å². The van der Waals surface area contributed by atoms with Gasteiger partial charge in [-0.1, -0.05) is 12.1 Å². The molecule has 5 heteroatoms. The first-order chi connectivity index (χ1) is 10.1. The molecule has 2 atom stereocenters. The molecule has 1 aromatic carbocycles. The van der Waals surface area contributed by atoms with Crippen molar-refractivity contribution in [1.82, 2.24) is 4.90 Å². The van der Waals surface area contributed by atoms with E-state index in [0.29, 0.717) is 24.6 Å². The Morgan fingerprint density at radius 1 is 1.43 bits per heavy atom. The van der Waals surface area contributed by atoms with Gasteiger partial charge in [0.2, 0.25) is 0 Å². The average Bonchev–Trinajstić information content (AvgIpc) is 2.95. The second kappa shape index (κ2) is 5.56. The second-order valence-corrected chi connectivity index (χ2v) is 6.00. The number of hydrogen-bond donors (Lipinski definition) is 2. The average molecular weight is 290 g/mol. The van der Waals surface area contributed by atoms with E-state index in [4.69, 9.17) is 4.74 Å². The van der Waals surface area contributed by atoms with E-state index in [2.05, 4.69) is 10.2 Å². The number of para-hydroxylation sites is 2. The molecule has 2 N–H and O–H groups in total. The molecule has 0 saturated carbocycles. The Bertz CT molecular complexity index is 534. The Labute approximate surface area is 124 Å². The summed E-state index contributed by atoms with van der Waals surface area (Å²) in [6.07, 6.45) is 3.55. The van der Waals surface area contributed by atoms with Crippen molar-refractivity contribution in [1.29, 1.82) is 0 Å². The van der Waals surface area contributed by atoms with Crippen molar-refractivity contribution in [2.24, 2.45) is 0 Å². The van der Waals surface area contributed by atoms with Gasteiger partial charge in [0.15, 0.2) is 0 Å². The lowest BCUT2D eigenvalue weighted by atomic mass is 9.83. The number of nitrogens with one attached hydrogen (secondary N) is 1. The van der Waals surface area contributed by atoms with Crippen LogP contribution < -0.4 is 10.1 Å². The zero-order valence-corrected chi connectivity index (χ0v) is 12.3. The Morgan fingerprint density at radius 3 is 3.00 bits per heavy atom. The van der Waals surface area contributed by atoms with Crippen molar-refractivity contribution in [3.05, 3.63) is 24.3 Å². The van der Waals surface area contributed by atoms with Crippen LogP contribution in [0.1, 0.15) is 25.7 Å². The third-order valence-corrected chi connectivity index (χ3v) is 4.80. The number of rotatable bonds is 4. The number of hydrogen-bond acceptors (Lipinski definition) is 4. The summed E-state index contributed by atoms with van der Waals surface area (Å²) in [6, 6.07) is 7.90. The van der Waals surface area contributed by atoms with Crippen molar-refractivity contribution >= 4 is 11.7 Å². The predicted molar refractivity (Wildman–Crippen MR) is 80.8 cm³/mol. The van der Waals surface area contributed by atoms with E-state index in [-0.39, 0.29) is 0 Å². The van der Waals surface area contributed by atoms with Crippen LogP contribution >= 0.6 is 0 Å². The number of benzene rings is 1. The SMILES string of the molecule is COc1ccccc1NC1(C(=O)O)CCN2CCCC2C1. The van der Waals surface area contributed by atoms with Crippen LogP contribution in [0.3, 0.4) is 0 Å². The van der Waals surface area contributed by atoms with Gasteiger partial charge in [-0.05, 0) is 44.4 Å². The zero-order valence-electron chi connectivity index (χ0n) is 12.3. The molecule has 0 radical (unpaired) electrons. The number of aliphatic carboxylic acids is 1. The fourth-order valence-corrected chi connectivity index (χ4v) is 3.63. The van der Waals surface area contributed by atoms with Gasteiger partial charge >= 0.3 is 5.97 Å². The Hall–Kier alpha value is -1.75. The number of carboxylic acid groups (broad SMARTS) is 1. The molecule has 0 aromatic heterocycles. The van der Waals surface area contributed by atoms with Gasteiger partial charge < -0.3 is 20.1 Å². The van der Waals surface area contributed by atoms with E-state index >= 15 is 0 Å². The molecule has 0 amide bonds. The Balaban J connectivity index is 1.86. The maximum Gasteiger partial charge on any atom is 0.329 e. The lowest BCUT2D eigenvalue weighted by Crippen LogP contribution is -2.56. The molecule has 5 nitrogen and oxygen atoms in total. The summed E-state index contributed by atoms with van der Waals surface area (Å²) in [6.45, 7) is 1.95. The van der Waals surface area contributed by atoms with Crippen LogP contribution in [-0.4, -0.2) is 47.8 Å². The minimum absolute atomic E-state index is 0.386. The third kappa shape index (κ3) is 2.58. The summed E-state index contributed by atoms with van der Waals surface area (Å²) in [5.41, 5.74) is -0.131. The molecular weight excluding hydrogens is 268 g/mol. The van der Waals surface area contributed by atoms with Crippen LogP contribution in [0, 0.1) is 0 Å². The van der Waals surface area contributed by atoms with Crippen LogP contribution in [0.4, 0.5) is 5.69 Å². The molecule has 114 valence electrons. The zero-order chi connectivity index (χ0) is 14.9. The van der Waals surface area contributed by atoms with E-state index in [1.807, 2.05) is 24.3 Å². The predicted octanol–water partition coefficient (Wildman–Crippen LogP) is 2.19. The maximum atomic E-state index is 11.9. The number of piperidine rings is 1. The van der Waals surface area contributed by atoms with Gasteiger partial charge in [0.1, 0.15) is 11.3 Å². The largest absolute Gasteiger partial charge is 0.495 e. The van der Waals surface area contributed by atoms with Crippen LogP contribution in [0.15, 0.2) is 24.3 Å². The minimum atomic E-state index is -0.889. The van der Waals surface area contributed by atoms with Crippen molar-refractivity contribution < 1.29 is 14.6 Å². The number of methoxy groups -OCH3 is 1. The van der Waals surface area contributed by atoms with Crippen molar-refractivity contribution in [3.8, 4) is 5.75 Å². The maximum absolute atomic E-state index is 11.9. The number of anilines is 1. The molecule has 0 spiro atoms. The first-order valence-corrected chi connectivity index (χ1v) is 7.53. The fourth-order valence-electron chi connectivity index (χ4n) is 3.63. The van der Waals surface area contributed by atoms with Gasteiger partial charge in [0.05, 0.1) is 12.8 Å². The lowest BCUT2D eigenvalue weighted by Gasteiger charge is -2.42. The fraction of sp³-hybridized carbons (Fsp3) is 0.562. The summed E-state index contributed by atoms with van der Waals surface area (Å²) in [5, 5.41) is 13.1. The highest BCUT2D eigenvalue weighted by Crippen LogP contribution is 2.37. The van der Waals surface area contributed by atoms with E-state index in [0.717, 1.165) is 25.2 Å². The molecular formula is C16H22N2O3. The summed E-state index contributed by atoms with van der Waals surface area (Å²) in [7, 11) is 1.60. The summed E-state index contributed by atoms with van der Waals surface area (Å²) < 4.78 is 5.33. The minimum Gasteiger partial charge on any atom is -0.495 e. The smallest absolute Gasteiger partial charge is 0.329 e. The highest BCUT2D eigenvalue weighted by molar-refractivity contribution is 5.84. The molecule has 2 saturated heterocycles. The molecule has 3 rings (SSSR count). The Morgan fingerprint density at radius 2 is 2.24 bits per heavy atom. The van der Waals surface area contributed by atoms with Gasteiger partial charge in [0.25, 0.3) is 0 Å². The van der Waals surface area contributed by atoms with Crippen LogP contribution in [0.5, 0.6) is 5.75 Å². The number of ether oxygens (including phenoxy) is 1. The van der Waals surface area contributed by atoms with Crippen molar-refractivity contribution in [2.75, 3.05) is 25.5 Å².